The van der Waals surface area contributed by atoms with Gasteiger partial charge in [-0.1, -0.05) is 13.8 Å². The van der Waals surface area contributed by atoms with Crippen molar-refractivity contribution in [3.8, 4) is 0 Å². The predicted octanol–water partition coefficient (Wildman–Crippen LogP) is -1.90. The van der Waals surface area contributed by atoms with E-state index >= 15 is 0 Å². The van der Waals surface area contributed by atoms with E-state index in [9.17, 15) is 38.7 Å². The summed E-state index contributed by atoms with van der Waals surface area (Å²) in [5.41, 5.74) is 5.44. The highest BCUT2D eigenvalue weighted by Gasteiger charge is 2.39. The van der Waals surface area contributed by atoms with Crippen LogP contribution in [0.25, 0.3) is 0 Å². The number of nitrogens with one attached hydrogen (secondary N) is 4. The Labute approximate surface area is 301 Å². The van der Waals surface area contributed by atoms with Crippen molar-refractivity contribution < 1.29 is 62.7 Å². The highest BCUT2D eigenvalue weighted by atomic mass is 32.2. The molecule has 19 nitrogen and oxygen atoms in total. The third kappa shape index (κ3) is 20.8. The fraction of sp³-hybridized carbons (Fsp3) is 0.774. The molecule has 0 saturated carbocycles. The number of carboxylic acid groups (broad SMARTS) is 1. The molecule has 1 heterocycles. The minimum absolute atomic E-state index is 0.00821. The van der Waals surface area contributed by atoms with Crippen LogP contribution in [0.4, 0.5) is 4.79 Å². The fourth-order valence-electron chi connectivity index (χ4n) is 4.23. The van der Waals surface area contributed by atoms with Crippen LogP contribution in [0.15, 0.2) is 0 Å². The van der Waals surface area contributed by atoms with E-state index in [1.807, 2.05) is 13.8 Å². The molecule has 1 saturated heterocycles. The summed E-state index contributed by atoms with van der Waals surface area (Å²) in [5.74, 6) is -3.02. The van der Waals surface area contributed by atoms with Crippen LogP contribution in [-0.4, -0.2) is 158 Å². The molecule has 6 amide bonds. The van der Waals surface area contributed by atoms with Gasteiger partial charge in [-0.2, -0.15) is 0 Å². The summed E-state index contributed by atoms with van der Waals surface area (Å²) in [6.45, 7) is 5.12. The second kappa shape index (κ2) is 27.1. The van der Waals surface area contributed by atoms with E-state index in [-0.39, 0.29) is 134 Å². The van der Waals surface area contributed by atoms with Gasteiger partial charge in [0, 0.05) is 64.2 Å². The van der Waals surface area contributed by atoms with Crippen molar-refractivity contribution in [3.63, 3.8) is 0 Å². The van der Waals surface area contributed by atoms with Gasteiger partial charge in [-0.25, -0.2) is 4.79 Å². The molecule has 0 aromatic carbocycles. The van der Waals surface area contributed by atoms with Crippen LogP contribution < -0.4 is 27.0 Å². The van der Waals surface area contributed by atoms with Gasteiger partial charge in [0.05, 0.1) is 50.5 Å². The minimum atomic E-state index is -1.19. The van der Waals surface area contributed by atoms with Gasteiger partial charge in [0.15, 0.2) is 0 Å². The first-order valence-electron chi connectivity index (χ1n) is 17.0. The Morgan fingerprint density at radius 1 is 0.843 bits per heavy atom. The van der Waals surface area contributed by atoms with Crippen LogP contribution in [-0.2, 0) is 47.7 Å². The molecule has 20 heteroatoms. The van der Waals surface area contributed by atoms with Crippen LogP contribution in [0.5, 0.6) is 0 Å². The number of carbonyl (C=O) groups excluding carboxylic acids is 6. The van der Waals surface area contributed by atoms with Crippen molar-refractivity contribution in [1.29, 1.82) is 0 Å². The van der Waals surface area contributed by atoms with Crippen molar-refractivity contribution in [2.75, 3.05) is 78.1 Å². The number of carbonyl (C=O) groups is 7. The molecular weight excluding hydrogens is 696 g/mol. The zero-order chi connectivity index (χ0) is 38.0. The standard InChI is InChI=1S/C31H54N6O13S/c1-3-21(18-38)50-22(4-2)19-49-31(46)36-8-5-25(39)33-9-10-34-27(41)7-13-47-15-16-48-14-11-35-26(40)6-12-37-28(42)17-24(29(37)43)51-20-23(32)30(44)45/h21-24,38H,3-20,32H2,1-2H3,(H,33,39)(H,34,41)(H,35,40)(H,36,46)(H,44,45)/t21-,22?,23-,24?/m1/s1. The van der Waals surface area contributed by atoms with Crippen molar-refractivity contribution in [1.82, 2.24) is 26.2 Å². The number of amides is 6. The quantitative estimate of drug-likeness (QED) is 0.0325. The molecule has 8 N–H and O–H groups in total. The number of thioether (sulfide) groups is 1. The number of aliphatic carboxylic acids is 1. The maximum Gasteiger partial charge on any atom is 0.407 e. The predicted molar refractivity (Wildman–Crippen MR) is 183 cm³/mol. The number of alkyl carbamates (subject to hydrolysis) is 1. The Bertz CT molecular complexity index is 1110. The monoisotopic (exact) mass is 750 g/mol. The number of hydrogen-bond donors (Lipinski definition) is 7. The van der Waals surface area contributed by atoms with E-state index in [0.29, 0.717) is 12.8 Å². The number of nitrogens with zero attached hydrogens (tertiary/aromatic N) is 1. The number of aliphatic hydroxyl groups excluding tert-OH is 1. The Kier molecular flexibility index (Phi) is 24.2. The summed E-state index contributed by atoms with van der Waals surface area (Å²) >= 11 is 1.01. The number of imide groups is 1. The molecule has 1 aliphatic heterocycles. The van der Waals surface area contributed by atoms with Crippen LogP contribution in [0.2, 0.25) is 0 Å². The fourth-order valence-corrected chi connectivity index (χ4v) is 5.34. The minimum Gasteiger partial charge on any atom is -0.480 e. The van der Waals surface area contributed by atoms with Gasteiger partial charge in [-0.05, 0) is 12.8 Å². The number of ether oxygens (including phenoxy) is 4. The third-order valence-electron chi connectivity index (χ3n) is 7.26. The molecule has 0 aromatic heterocycles. The first-order valence-corrected chi connectivity index (χ1v) is 18.0. The molecule has 0 spiro atoms. The average Bonchev–Trinajstić information content (AvgIpc) is 3.38. The molecule has 1 aliphatic rings. The lowest BCUT2D eigenvalue weighted by Gasteiger charge is -2.21. The number of hydrogen-bond acceptors (Lipinski definition) is 14. The number of nitrogens with two attached hydrogens (primary N) is 1. The van der Waals surface area contributed by atoms with Crippen molar-refractivity contribution in [2.45, 2.75) is 75.9 Å². The zero-order valence-electron chi connectivity index (χ0n) is 29.4. The molecular formula is C31H54N6O13S. The van der Waals surface area contributed by atoms with Gasteiger partial charge in [0.2, 0.25) is 29.5 Å². The Morgan fingerprint density at radius 3 is 2.08 bits per heavy atom. The van der Waals surface area contributed by atoms with Crippen LogP contribution in [0.1, 0.15) is 52.4 Å². The smallest absolute Gasteiger partial charge is 0.407 e. The highest BCUT2D eigenvalue weighted by Crippen LogP contribution is 2.25. The van der Waals surface area contributed by atoms with Crippen LogP contribution in [0, 0.1) is 0 Å². The first-order chi connectivity index (χ1) is 24.4. The lowest BCUT2D eigenvalue weighted by molar-refractivity contribution is -0.139. The highest BCUT2D eigenvalue weighted by molar-refractivity contribution is 8.00. The van der Waals surface area contributed by atoms with E-state index in [1.54, 1.807) is 0 Å². The number of carboxylic acids is 1. The molecule has 1 rings (SSSR count). The summed E-state index contributed by atoms with van der Waals surface area (Å²) in [6.07, 6.45) is -0.0915. The lowest BCUT2D eigenvalue weighted by atomic mass is 10.2. The largest absolute Gasteiger partial charge is 0.480 e. The van der Waals surface area contributed by atoms with Gasteiger partial charge < -0.3 is 56.2 Å². The molecule has 0 aromatic rings. The second-order valence-electron chi connectivity index (χ2n) is 11.3. The zero-order valence-corrected chi connectivity index (χ0v) is 30.2. The number of rotatable bonds is 29. The van der Waals surface area contributed by atoms with E-state index in [1.165, 1.54) is 0 Å². The summed E-state index contributed by atoms with van der Waals surface area (Å²) in [4.78, 5) is 84.2. The van der Waals surface area contributed by atoms with E-state index < -0.39 is 35.2 Å². The normalized spacial score (nSPS) is 15.9. The van der Waals surface area contributed by atoms with Gasteiger partial charge in [0.1, 0.15) is 12.6 Å². The van der Waals surface area contributed by atoms with Crippen LogP contribution in [0.3, 0.4) is 0 Å². The summed E-state index contributed by atoms with van der Waals surface area (Å²) < 4.78 is 21.5. The van der Waals surface area contributed by atoms with Gasteiger partial charge >= 0.3 is 12.1 Å². The molecule has 51 heavy (non-hydrogen) atoms. The Morgan fingerprint density at radius 2 is 1.45 bits per heavy atom. The SMILES string of the molecule is CCC(COC(=O)NCCC(=O)NCCNC(=O)CCOCCOCCNC(=O)CCN1C(=O)CC(SC[C@@H](N)C(=O)O)C1=O)O[C@H](CC)CO. The van der Waals surface area contributed by atoms with Gasteiger partial charge in [-0.3, -0.25) is 33.7 Å². The third-order valence-corrected chi connectivity index (χ3v) is 8.59. The first kappa shape index (κ1) is 45.5. The van der Waals surface area contributed by atoms with Crippen molar-refractivity contribution in [3.05, 3.63) is 0 Å². The topological polar surface area (TPSA) is 274 Å². The van der Waals surface area contributed by atoms with Crippen LogP contribution >= 0.6 is 11.8 Å². The average molecular weight is 751 g/mol. The maximum absolute atomic E-state index is 12.4. The van der Waals surface area contributed by atoms with Crippen molar-refractivity contribution >= 4 is 53.4 Å². The Hall–Kier alpha value is -3.56. The molecule has 0 radical (unpaired) electrons. The Balaban J connectivity index is 1.99. The van der Waals surface area contributed by atoms with E-state index in [4.69, 9.17) is 29.8 Å². The summed E-state index contributed by atoms with van der Waals surface area (Å²) in [7, 11) is 0. The molecule has 4 atom stereocenters. The summed E-state index contributed by atoms with van der Waals surface area (Å²) in [6, 6.07) is -1.14. The molecule has 2 unspecified atom stereocenters. The number of likely N-dealkylation sites (tertiary alicyclic amines) is 1. The molecule has 1 fully saturated rings. The van der Waals surface area contributed by atoms with Gasteiger partial charge in [0.25, 0.3) is 0 Å². The van der Waals surface area contributed by atoms with Crippen molar-refractivity contribution in [2.24, 2.45) is 5.73 Å². The lowest BCUT2D eigenvalue weighted by Crippen LogP contribution is -2.37. The number of aliphatic hydroxyl groups is 1. The van der Waals surface area contributed by atoms with Gasteiger partial charge in [-0.15, -0.1) is 11.8 Å². The van der Waals surface area contributed by atoms with E-state index in [2.05, 4.69) is 21.3 Å². The second-order valence-corrected chi connectivity index (χ2v) is 12.5. The summed E-state index contributed by atoms with van der Waals surface area (Å²) in [5, 5.41) is 27.8. The molecule has 0 aliphatic carbocycles. The molecule has 0 bridgehead atoms. The molecule has 292 valence electrons. The van der Waals surface area contributed by atoms with E-state index in [0.717, 1.165) is 16.7 Å². The maximum atomic E-state index is 12.4.